The molecule has 35 heavy (non-hydrogen) atoms. The van der Waals surface area contributed by atoms with Crippen LogP contribution in [0, 0.1) is 0 Å². The summed E-state index contributed by atoms with van der Waals surface area (Å²) in [5, 5.41) is 0. The van der Waals surface area contributed by atoms with Crippen molar-refractivity contribution < 1.29 is 14.3 Å². The predicted molar refractivity (Wildman–Crippen MR) is 136 cm³/mol. The average molecular weight is 470 g/mol. The number of Topliss-reactive ketones (excluding diaryl/α,β-unsaturated/α-hetero) is 1. The smallest absolute Gasteiger partial charge is 0.410 e. The molecule has 1 fully saturated rings. The van der Waals surface area contributed by atoms with Crippen molar-refractivity contribution in [1.82, 2.24) is 14.9 Å². The minimum Gasteiger partial charge on any atom is -0.444 e. The Morgan fingerprint density at radius 3 is 2.43 bits per heavy atom. The van der Waals surface area contributed by atoms with Crippen molar-refractivity contribution in [3.05, 3.63) is 77.7 Å². The number of allylic oxidation sites excluding steroid dienone is 2. The highest BCUT2D eigenvalue weighted by Gasteiger charge is 2.35. The summed E-state index contributed by atoms with van der Waals surface area (Å²) in [5.74, 6) is 0.988. The van der Waals surface area contributed by atoms with Crippen molar-refractivity contribution >= 4 is 23.0 Å². The minimum absolute atomic E-state index is 0.110. The van der Waals surface area contributed by atoms with Gasteiger partial charge >= 0.3 is 6.09 Å². The van der Waals surface area contributed by atoms with Crippen molar-refractivity contribution in [1.29, 1.82) is 0 Å². The van der Waals surface area contributed by atoms with Crippen LogP contribution in [0.25, 0.3) is 22.4 Å². The number of ketones is 1. The number of rotatable bonds is 4. The maximum absolute atomic E-state index is 12.7. The fourth-order valence-corrected chi connectivity index (χ4v) is 4.98. The molecule has 1 unspecified atom stereocenters. The van der Waals surface area contributed by atoms with Crippen molar-refractivity contribution in [2.45, 2.75) is 58.1 Å². The molecule has 1 N–H and O–H groups in total. The highest BCUT2D eigenvalue weighted by atomic mass is 16.6. The second-order valence-corrected chi connectivity index (χ2v) is 10.2. The lowest BCUT2D eigenvalue weighted by molar-refractivity contribution is -0.113. The van der Waals surface area contributed by atoms with E-state index in [1.54, 1.807) is 4.90 Å². The Hall–Kier alpha value is -3.67. The molecular formula is C29H31N3O3. The van der Waals surface area contributed by atoms with E-state index in [0.717, 1.165) is 58.6 Å². The molecule has 1 amide bonds. The molecule has 0 saturated carbocycles. The van der Waals surface area contributed by atoms with Crippen LogP contribution in [0.5, 0.6) is 0 Å². The lowest BCUT2D eigenvalue weighted by atomic mass is 9.96. The van der Waals surface area contributed by atoms with Gasteiger partial charge in [-0.15, -0.1) is 0 Å². The molecule has 6 nitrogen and oxygen atoms in total. The number of carbonyl (C=O) groups is 2. The van der Waals surface area contributed by atoms with Crippen LogP contribution in [0.1, 0.15) is 69.4 Å². The number of H-pyrrole nitrogens is 1. The fraction of sp³-hybridized carbons (Fsp3) is 0.345. The fourth-order valence-electron chi connectivity index (χ4n) is 4.98. The molecule has 0 bridgehead atoms. The van der Waals surface area contributed by atoms with E-state index in [4.69, 9.17) is 4.74 Å². The van der Waals surface area contributed by atoms with Crippen LogP contribution in [0.15, 0.2) is 60.8 Å². The number of aromatic nitrogens is 2. The molecule has 1 atom stereocenters. The van der Waals surface area contributed by atoms with Gasteiger partial charge in [0.25, 0.3) is 0 Å². The number of hydrogen-bond acceptors (Lipinski definition) is 4. The Labute approximate surface area is 206 Å². The number of nitrogens with zero attached hydrogens (tertiary/aromatic N) is 2. The summed E-state index contributed by atoms with van der Waals surface area (Å²) in [6.07, 6.45) is 4.63. The Morgan fingerprint density at radius 1 is 1.00 bits per heavy atom. The van der Waals surface area contributed by atoms with Crippen molar-refractivity contribution in [3.63, 3.8) is 0 Å². The SMILES string of the molecule is CC(C)(C)OC(=O)N1CCCC1c1ncc(-c2ccc(C3=C(c4ccccc4)C(=O)CC3)cc2)[nH]1. The van der Waals surface area contributed by atoms with Crippen LogP contribution in [-0.2, 0) is 9.53 Å². The summed E-state index contributed by atoms with van der Waals surface area (Å²) < 4.78 is 5.59. The Morgan fingerprint density at radius 2 is 1.71 bits per heavy atom. The zero-order valence-corrected chi connectivity index (χ0v) is 20.5. The number of nitrogens with one attached hydrogen (secondary N) is 1. The van der Waals surface area contributed by atoms with Gasteiger partial charge in [-0.05, 0) is 62.3 Å². The quantitative estimate of drug-likeness (QED) is 0.478. The third-order valence-corrected chi connectivity index (χ3v) is 6.58. The topological polar surface area (TPSA) is 75.3 Å². The summed E-state index contributed by atoms with van der Waals surface area (Å²) in [5.41, 5.74) is 5.40. The molecule has 1 aliphatic heterocycles. The van der Waals surface area contributed by atoms with Crippen LogP contribution < -0.4 is 0 Å². The molecule has 2 heterocycles. The molecule has 6 heteroatoms. The third-order valence-electron chi connectivity index (χ3n) is 6.58. The maximum Gasteiger partial charge on any atom is 0.410 e. The number of carbonyl (C=O) groups excluding carboxylic acids is 2. The highest BCUT2D eigenvalue weighted by Crippen LogP contribution is 2.38. The first kappa shape index (κ1) is 23.1. The van der Waals surface area contributed by atoms with E-state index in [2.05, 4.69) is 34.2 Å². The molecule has 1 saturated heterocycles. The van der Waals surface area contributed by atoms with Crippen molar-refractivity contribution in [3.8, 4) is 11.3 Å². The first-order valence-electron chi connectivity index (χ1n) is 12.3. The summed E-state index contributed by atoms with van der Waals surface area (Å²) in [6, 6.07) is 18.1. The lowest BCUT2D eigenvalue weighted by Crippen LogP contribution is -2.36. The van der Waals surface area contributed by atoms with Gasteiger partial charge in [0.05, 0.1) is 17.9 Å². The molecule has 2 aliphatic rings. The zero-order valence-electron chi connectivity index (χ0n) is 20.5. The van der Waals surface area contributed by atoms with E-state index in [0.29, 0.717) is 13.0 Å². The summed E-state index contributed by atoms with van der Waals surface area (Å²) in [7, 11) is 0. The maximum atomic E-state index is 12.7. The van der Waals surface area contributed by atoms with Gasteiger partial charge in [0, 0.05) is 18.5 Å². The van der Waals surface area contributed by atoms with Crippen LogP contribution in [0.3, 0.4) is 0 Å². The van der Waals surface area contributed by atoms with Crippen molar-refractivity contribution in [2.24, 2.45) is 0 Å². The second-order valence-electron chi connectivity index (χ2n) is 10.2. The first-order chi connectivity index (χ1) is 16.8. The number of ether oxygens (including phenoxy) is 1. The van der Waals surface area contributed by atoms with Gasteiger partial charge in [-0.25, -0.2) is 9.78 Å². The number of hydrogen-bond donors (Lipinski definition) is 1. The molecule has 5 rings (SSSR count). The lowest BCUT2D eigenvalue weighted by Gasteiger charge is -2.27. The average Bonchev–Trinajstić information content (AvgIpc) is 3.58. The predicted octanol–water partition coefficient (Wildman–Crippen LogP) is 6.42. The standard InChI is InChI=1S/C29H31N3O3/c1-29(2,3)35-28(34)32-17-7-10-24(32)27-30-18-23(31-27)20-13-11-19(12-14-20)22-15-16-25(33)26(22)21-8-5-4-6-9-21/h4-6,8-9,11-14,18,24H,7,10,15-17H2,1-3H3,(H,30,31). The van der Waals surface area contributed by atoms with E-state index < -0.39 is 5.60 Å². The van der Waals surface area contributed by atoms with Crippen LogP contribution in [0.4, 0.5) is 4.79 Å². The molecule has 180 valence electrons. The monoisotopic (exact) mass is 469 g/mol. The molecule has 0 spiro atoms. The highest BCUT2D eigenvalue weighted by molar-refractivity contribution is 6.31. The normalized spacial score (nSPS) is 18.4. The van der Waals surface area contributed by atoms with Gasteiger partial charge < -0.3 is 9.72 Å². The van der Waals surface area contributed by atoms with Crippen LogP contribution in [0.2, 0.25) is 0 Å². The van der Waals surface area contributed by atoms with E-state index in [-0.39, 0.29) is 17.9 Å². The number of imidazole rings is 1. The van der Waals surface area contributed by atoms with E-state index >= 15 is 0 Å². The first-order valence-corrected chi connectivity index (χ1v) is 12.3. The number of likely N-dealkylation sites (tertiary alicyclic amines) is 1. The molecular weight excluding hydrogens is 438 g/mol. The molecule has 3 aromatic rings. The number of amides is 1. The zero-order chi connectivity index (χ0) is 24.6. The Bertz CT molecular complexity index is 1270. The van der Waals surface area contributed by atoms with Gasteiger partial charge in [-0.2, -0.15) is 0 Å². The molecule has 0 radical (unpaired) electrons. The largest absolute Gasteiger partial charge is 0.444 e. The minimum atomic E-state index is -0.528. The van der Waals surface area contributed by atoms with Crippen LogP contribution >= 0.6 is 0 Å². The summed E-state index contributed by atoms with van der Waals surface area (Å²) >= 11 is 0. The van der Waals surface area contributed by atoms with E-state index in [1.807, 2.05) is 57.3 Å². The van der Waals surface area contributed by atoms with Gasteiger partial charge in [0.1, 0.15) is 11.4 Å². The van der Waals surface area contributed by atoms with E-state index in [1.165, 1.54) is 0 Å². The summed E-state index contributed by atoms with van der Waals surface area (Å²) in [4.78, 5) is 35.1. The second kappa shape index (κ2) is 9.17. The van der Waals surface area contributed by atoms with Gasteiger partial charge in [-0.3, -0.25) is 9.69 Å². The van der Waals surface area contributed by atoms with Gasteiger partial charge in [-0.1, -0.05) is 54.6 Å². The van der Waals surface area contributed by atoms with Gasteiger partial charge in [0.15, 0.2) is 5.78 Å². The Balaban J connectivity index is 1.37. The molecule has 1 aliphatic carbocycles. The summed E-state index contributed by atoms with van der Waals surface area (Å²) in [6.45, 7) is 6.31. The number of benzene rings is 2. The molecule has 2 aromatic carbocycles. The van der Waals surface area contributed by atoms with Crippen molar-refractivity contribution in [2.75, 3.05) is 6.54 Å². The van der Waals surface area contributed by atoms with E-state index in [9.17, 15) is 9.59 Å². The Kier molecular flexibility index (Phi) is 6.05. The number of aromatic amines is 1. The molecule has 1 aromatic heterocycles. The third kappa shape index (κ3) is 4.78. The van der Waals surface area contributed by atoms with Crippen LogP contribution in [-0.4, -0.2) is 38.9 Å². The van der Waals surface area contributed by atoms with Gasteiger partial charge in [0.2, 0.25) is 0 Å².